The van der Waals surface area contributed by atoms with Crippen LogP contribution in [0, 0.1) is 0 Å². The number of hydrogen-bond acceptors (Lipinski definition) is 4. The smallest absolute Gasteiger partial charge is 0.341 e. The molecule has 0 saturated carbocycles. The first-order chi connectivity index (χ1) is 16.7. The quantitative estimate of drug-likeness (QED) is 0.424. The maximum absolute atomic E-state index is 12.1. The fraction of sp³-hybridized carbons (Fsp3) is 0.286. The first kappa shape index (κ1) is 24.8. The van der Waals surface area contributed by atoms with Crippen LogP contribution in [0.4, 0.5) is 0 Å². The normalized spacial score (nSPS) is 21.8. The van der Waals surface area contributed by atoms with Gasteiger partial charge >= 0.3 is 5.97 Å². The Morgan fingerprint density at radius 3 is 2.46 bits per heavy atom. The number of rotatable bonds is 7. The predicted molar refractivity (Wildman–Crippen MR) is 134 cm³/mol. The van der Waals surface area contributed by atoms with Gasteiger partial charge in [-0.15, -0.1) is 0 Å². The number of amides is 1. The SMILES string of the molecule is CC(=O)N[C@]1(C)C[C@@H](c2cccc(Cl)c2)O[C@@H](c2cccc(-c3ccccc3)c2OCC(=O)O)C1. The van der Waals surface area contributed by atoms with Crippen LogP contribution >= 0.6 is 11.6 Å². The van der Waals surface area contributed by atoms with E-state index in [0.29, 0.717) is 23.6 Å². The van der Waals surface area contributed by atoms with Gasteiger partial charge in [0, 0.05) is 41.5 Å². The average Bonchev–Trinajstić information content (AvgIpc) is 2.82. The summed E-state index contributed by atoms with van der Waals surface area (Å²) in [4.78, 5) is 23.5. The topological polar surface area (TPSA) is 84.9 Å². The number of aliphatic carboxylic acids is 1. The summed E-state index contributed by atoms with van der Waals surface area (Å²) in [5.74, 6) is -0.732. The lowest BCUT2D eigenvalue weighted by molar-refractivity contribution is -0.139. The lowest BCUT2D eigenvalue weighted by Crippen LogP contribution is -2.50. The van der Waals surface area contributed by atoms with Gasteiger partial charge in [0.05, 0.1) is 12.2 Å². The molecule has 1 aliphatic rings. The Labute approximate surface area is 209 Å². The summed E-state index contributed by atoms with van der Waals surface area (Å²) in [6.07, 6.45) is 0.257. The van der Waals surface area contributed by atoms with E-state index in [2.05, 4.69) is 5.32 Å². The molecule has 1 fully saturated rings. The van der Waals surface area contributed by atoms with Gasteiger partial charge in [0.15, 0.2) is 6.61 Å². The summed E-state index contributed by atoms with van der Waals surface area (Å²) in [7, 11) is 0. The Balaban J connectivity index is 1.79. The number of carboxylic acid groups (broad SMARTS) is 1. The van der Waals surface area contributed by atoms with Crippen molar-refractivity contribution in [2.24, 2.45) is 0 Å². The number of benzene rings is 3. The zero-order chi connectivity index (χ0) is 25.0. The van der Waals surface area contributed by atoms with Gasteiger partial charge in [0.2, 0.25) is 5.91 Å². The molecule has 0 spiro atoms. The van der Waals surface area contributed by atoms with Crippen molar-refractivity contribution in [1.82, 2.24) is 5.32 Å². The van der Waals surface area contributed by atoms with E-state index in [0.717, 1.165) is 22.3 Å². The highest BCUT2D eigenvalue weighted by Gasteiger charge is 2.41. The molecular formula is C28H28ClNO5. The number of carbonyl (C=O) groups is 2. The first-order valence-electron chi connectivity index (χ1n) is 11.5. The van der Waals surface area contributed by atoms with Crippen LogP contribution in [0.2, 0.25) is 5.02 Å². The largest absolute Gasteiger partial charge is 0.481 e. The molecule has 0 radical (unpaired) electrons. The summed E-state index contributed by atoms with van der Waals surface area (Å²) < 4.78 is 12.5. The monoisotopic (exact) mass is 493 g/mol. The summed E-state index contributed by atoms with van der Waals surface area (Å²) in [5, 5.41) is 13.0. The Bertz CT molecular complexity index is 1210. The van der Waals surface area contributed by atoms with Gasteiger partial charge in [-0.05, 0) is 30.2 Å². The molecule has 1 amide bonds. The predicted octanol–water partition coefficient (Wildman–Crippen LogP) is 5.96. The second kappa shape index (κ2) is 10.5. The molecule has 0 unspecified atom stereocenters. The van der Waals surface area contributed by atoms with Crippen molar-refractivity contribution in [3.63, 3.8) is 0 Å². The second-order valence-electron chi connectivity index (χ2n) is 9.09. The van der Waals surface area contributed by atoms with E-state index in [-0.39, 0.29) is 12.0 Å². The maximum Gasteiger partial charge on any atom is 0.341 e. The lowest BCUT2D eigenvalue weighted by atomic mass is 9.80. The van der Waals surface area contributed by atoms with Crippen LogP contribution in [0.3, 0.4) is 0 Å². The molecule has 7 heteroatoms. The van der Waals surface area contributed by atoms with E-state index in [4.69, 9.17) is 21.1 Å². The minimum absolute atomic E-state index is 0.126. The van der Waals surface area contributed by atoms with E-state index >= 15 is 0 Å². The summed E-state index contributed by atoms with van der Waals surface area (Å²) >= 11 is 6.26. The van der Waals surface area contributed by atoms with E-state index in [1.54, 1.807) is 6.07 Å². The molecule has 0 aromatic heterocycles. The summed E-state index contributed by atoms with van der Waals surface area (Å²) in [6.45, 7) is 3.02. The van der Waals surface area contributed by atoms with Crippen molar-refractivity contribution in [3.05, 3.63) is 88.9 Å². The van der Waals surface area contributed by atoms with E-state index in [1.165, 1.54) is 6.92 Å². The molecule has 6 nitrogen and oxygen atoms in total. The van der Waals surface area contributed by atoms with Crippen LogP contribution in [0.15, 0.2) is 72.8 Å². The highest BCUT2D eigenvalue weighted by atomic mass is 35.5. The third-order valence-corrected chi connectivity index (χ3v) is 6.35. The maximum atomic E-state index is 12.1. The Kier molecular flexibility index (Phi) is 7.43. The molecule has 3 atom stereocenters. The van der Waals surface area contributed by atoms with E-state index in [1.807, 2.05) is 73.7 Å². The number of ether oxygens (including phenoxy) is 2. The Hall–Kier alpha value is -3.35. The number of hydrogen-bond donors (Lipinski definition) is 2. The van der Waals surface area contributed by atoms with Gasteiger partial charge in [-0.1, -0.05) is 72.3 Å². The third-order valence-electron chi connectivity index (χ3n) is 6.12. The van der Waals surface area contributed by atoms with Crippen LogP contribution in [-0.2, 0) is 14.3 Å². The van der Waals surface area contributed by atoms with Crippen molar-refractivity contribution in [1.29, 1.82) is 0 Å². The molecule has 0 bridgehead atoms. The van der Waals surface area contributed by atoms with Gasteiger partial charge in [0.1, 0.15) is 5.75 Å². The molecule has 3 aromatic carbocycles. The third kappa shape index (κ3) is 6.02. The summed E-state index contributed by atoms with van der Waals surface area (Å²) in [5.41, 5.74) is 2.76. The summed E-state index contributed by atoms with van der Waals surface area (Å²) in [6, 6.07) is 22.9. The fourth-order valence-corrected chi connectivity index (χ4v) is 4.96. The van der Waals surface area contributed by atoms with Crippen molar-refractivity contribution in [2.45, 2.75) is 44.4 Å². The van der Waals surface area contributed by atoms with E-state index < -0.39 is 24.2 Å². The van der Waals surface area contributed by atoms with Crippen molar-refractivity contribution >= 4 is 23.5 Å². The number of carboxylic acids is 1. The van der Waals surface area contributed by atoms with Crippen molar-refractivity contribution in [3.8, 4) is 16.9 Å². The number of halogens is 1. The van der Waals surface area contributed by atoms with Crippen molar-refractivity contribution < 1.29 is 24.2 Å². The highest BCUT2D eigenvalue weighted by Crippen LogP contribution is 2.47. The van der Waals surface area contributed by atoms with Gasteiger partial charge in [0.25, 0.3) is 0 Å². The Morgan fingerprint density at radius 1 is 1.06 bits per heavy atom. The van der Waals surface area contributed by atoms with Crippen LogP contribution in [0.25, 0.3) is 11.1 Å². The number of nitrogens with one attached hydrogen (secondary N) is 1. The van der Waals surface area contributed by atoms with Gasteiger partial charge in [-0.25, -0.2) is 4.79 Å². The number of carbonyl (C=O) groups excluding carboxylic acids is 1. The molecule has 3 aromatic rings. The molecule has 1 aliphatic heterocycles. The van der Waals surface area contributed by atoms with Gasteiger partial charge in [-0.3, -0.25) is 4.79 Å². The second-order valence-corrected chi connectivity index (χ2v) is 9.53. The highest BCUT2D eigenvalue weighted by molar-refractivity contribution is 6.30. The zero-order valence-electron chi connectivity index (χ0n) is 19.7. The van der Waals surface area contributed by atoms with Crippen LogP contribution in [0.1, 0.15) is 50.0 Å². The van der Waals surface area contributed by atoms with Gasteiger partial charge < -0.3 is 19.9 Å². The van der Waals surface area contributed by atoms with Crippen LogP contribution in [-0.4, -0.2) is 29.1 Å². The standard InChI is InChI=1S/C28H28ClNO5/c1-18(31)30-28(2)15-24(20-10-6-11-21(29)14-20)35-25(16-28)23-13-7-12-22(19-8-4-3-5-9-19)27(23)34-17-26(32)33/h3-14,24-25H,15-17H2,1-2H3,(H,30,31)(H,32,33)/t24-,25+,28+/m0/s1. The molecule has 2 N–H and O–H groups in total. The number of para-hydroxylation sites is 1. The minimum atomic E-state index is -1.07. The Morgan fingerprint density at radius 2 is 1.77 bits per heavy atom. The lowest BCUT2D eigenvalue weighted by Gasteiger charge is -2.43. The molecule has 35 heavy (non-hydrogen) atoms. The molecule has 1 saturated heterocycles. The molecule has 0 aliphatic carbocycles. The average molecular weight is 494 g/mol. The van der Waals surface area contributed by atoms with Gasteiger partial charge in [-0.2, -0.15) is 0 Å². The zero-order valence-corrected chi connectivity index (χ0v) is 20.4. The fourth-order valence-electron chi connectivity index (χ4n) is 4.76. The molecular weight excluding hydrogens is 466 g/mol. The molecule has 4 rings (SSSR count). The van der Waals surface area contributed by atoms with E-state index in [9.17, 15) is 14.7 Å². The van der Waals surface area contributed by atoms with Crippen LogP contribution < -0.4 is 10.1 Å². The first-order valence-corrected chi connectivity index (χ1v) is 11.8. The molecule has 1 heterocycles. The molecule has 182 valence electrons. The minimum Gasteiger partial charge on any atom is -0.481 e. The van der Waals surface area contributed by atoms with Crippen LogP contribution in [0.5, 0.6) is 5.75 Å². The van der Waals surface area contributed by atoms with Crippen molar-refractivity contribution in [2.75, 3.05) is 6.61 Å².